The van der Waals surface area contributed by atoms with Crippen LogP contribution in [0.15, 0.2) is 94.9 Å². The molecule has 0 spiro atoms. The molecule has 27 heavy (non-hydrogen) atoms. The maximum absolute atomic E-state index is 13.3. The minimum Gasteiger partial charge on any atom is -0.354 e. The van der Waals surface area contributed by atoms with Crippen LogP contribution >= 0.6 is 11.6 Å². The molecule has 1 aromatic heterocycles. The minimum absolute atomic E-state index is 0.118. The van der Waals surface area contributed by atoms with Gasteiger partial charge in [0, 0.05) is 22.3 Å². The van der Waals surface area contributed by atoms with Crippen LogP contribution in [0.3, 0.4) is 0 Å². The average Bonchev–Trinajstić information content (AvgIpc) is 2.69. The summed E-state index contributed by atoms with van der Waals surface area (Å²) in [7, 11) is -3.78. The van der Waals surface area contributed by atoms with E-state index in [4.69, 9.17) is 11.6 Å². The molecule has 4 aromatic rings. The van der Waals surface area contributed by atoms with Crippen LogP contribution in [0.25, 0.3) is 10.9 Å². The predicted molar refractivity (Wildman–Crippen MR) is 108 cm³/mol. The number of halogens is 1. The van der Waals surface area contributed by atoms with Crippen molar-refractivity contribution in [2.45, 2.75) is 9.79 Å². The van der Waals surface area contributed by atoms with Gasteiger partial charge in [-0.1, -0.05) is 48.0 Å². The number of benzene rings is 3. The van der Waals surface area contributed by atoms with Crippen molar-refractivity contribution in [1.29, 1.82) is 0 Å². The van der Waals surface area contributed by atoms with Crippen molar-refractivity contribution in [3.05, 3.63) is 90.1 Å². The summed E-state index contributed by atoms with van der Waals surface area (Å²) in [6, 6.07) is 23.0. The topological polar surface area (TPSA) is 59.1 Å². The lowest BCUT2D eigenvalue weighted by atomic mass is 10.2. The van der Waals surface area contributed by atoms with Gasteiger partial charge in [0.2, 0.25) is 9.84 Å². The van der Waals surface area contributed by atoms with Gasteiger partial charge in [-0.05, 0) is 42.5 Å². The Kier molecular flexibility index (Phi) is 4.56. The average molecular weight is 395 g/mol. The Labute approximate surface area is 162 Å². The monoisotopic (exact) mass is 394 g/mol. The van der Waals surface area contributed by atoms with Gasteiger partial charge in [0.1, 0.15) is 4.90 Å². The second-order valence-corrected chi connectivity index (χ2v) is 8.32. The van der Waals surface area contributed by atoms with Crippen LogP contribution in [0.4, 0.5) is 11.4 Å². The number of pyridine rings is 1. The molecule has 0 saturated heterocycles. The van der Waals surface area contributed by atoms with E-state index in [-0.39, 0.29) is 9.79 Å². The molecule has 0 aliphatic rings. The van der Waals surface area contributed by atoms with Gasteiger partial charge in [-0.15, -0.1) is 0 Å². The van der Waals surface area contributed by atoms with E-state index in [2.05, 4.69) is 10.3 Å². The summed E-state index contributed by atoms with van der Waals surface area (Å²) in [5.74, 6) is 0. The van der Waals surface area contributed by atoms with E-state index in [1.165, 1.54) is 18.3 Å². The Morgan fingerprint density at radius 1 is 0.815 bits per heavy atom. The molecule has 0 aliphatic heterocycles. The van der Waals surface area contributed by atoms with Gasteiger partial charge < -0.3 is 5.32 Å². The molecule has 1 N–H and O–H groups in total. The van der Waals surface area contributed by atoms with Gasteiger partial charge in [-0.25, -0.2) is 8.42 Å². The Bertz CT molecular complexity index is 1210. The van der Waals surface area contributed by atoms with Crippen LogP contribution in [0.1, 0.15) is 0 Å². The number of fused-ring (bicyclic) bond motifs is 1. The lowest BCUT2D eigenvalue weighted by Gasteiger charge is -2.15. The summed E-state index contributed by atoms with van der Waals surface area (Å²) in [4.78, 5) is 4.63. The van der Waals surface area contributed by atoms with Crippen molar-refractivity contribution < 1.29 is 8.42 Å². The number of hydrogen-bond acceptors (Lipinski definition) is 4. The highest BCUT2D eigenvalue weighted by Gasteiger charge is 2.24. The molecule has 4 rings (SSSR count). The fourth-order valence-electron chi connectivity index (χ4n) is 2.86. The number of sulfone groups is 1. The summed E-state index contributed by atoms with van der Waals surface area (Å²) in [5, 5.41) is 4.47. The largest absolute Gasteiger partial charge is 0.354 e. The molecule has 0 radical (unpaired) electrons. The predicted octanol–water partition coefficient (Wildman–Crippen LogP) is 5.46. The van der Waals surface area contributed by atoms with E-state index in [0.717, 1.165) is 11.1 Å². The normalized spacial score (nSPS) is 11.4. The van der Waals surface area contributed by atoms with Crippen LogP contribution in [0.5, 0.6) is 0 Å². The van der Waals surface area contributed by atoms with Gasteiger partial charge in [-0.3, -0.25) is 4.98 Å². The van der Waals surface area contributed by atoms with Crippen molar-refractivity contribution in [3.8, 4) is 0 Å². The van der Waals surface area contributed by atoms with E-state index in [0.29, 0.717) is 16.2 Å². The van der Waals surface area contributed by atoms with E-state index < -0.39 is 9.84 Å². The van der Waals surface area contributed by atoms with E-state index in [1.54, 1.807) is 12.1 Å². The molecule has 1 heterocycles. The third-order valence-electron chi connectivity index (χ3n) is 4.20. The molecule has 134 valence electrons. The first-order chi connectivity index (χ1) is 13.1. The van der Waals surface area contributed by atoms with E-state index in [1.807, 2.05) is 54.6 Å². The third-order valence-corrected chi connectivity index (χ3v) is 6.23. The lowest BCUT2D eigenvalue weighted by molar-refractivity contribution is 0.596. The Morgan fingerprint density at radius 3 is 2.22 bits per heavy atom. The fraction of sp³-hybridized carbons (Fsp3) is 0. The smallest absolute Gasteiger partial charge is 0.210 e. The maximum Gasteiger partial charge on any atom is 0.210 e. The number of hydrogen-bond donors (Lipinski definition) is 1. The van der Waals surface area contributed by atoms with Crippen LogP contribution < -0.4 is 5.32 Å². The van der Waals surface area contributed by atoms with Crippen molar-refractivity contribution in [2.75, 3.05) is 5.32 Å². The number of rotatable bonds is 4. The first-order valence-electron chi connectivity index (χ1n) is 8.26. The summed E-state index contributed by atoms with van der Waals surface area (Å²) in [6.45, 7) is 0. The van der Waals surface area contributed by atoms with Crippen LogP contribution in [-0.4, -0.2) is 13.4 Å². The van der Waals surface area contributed by atoms with Gasteiger partial charge in [-0.2, -0.15) is 0 Å². The molecule has 6 heteroatoms. The first kappa shape index (κ1) is 17.5. The molecule has 0 amide bonds. The summed E-state index contributed by atoms with van der Waals surface area (Å²) < 4.78 is 26.6. The van der Waals surface area contributed by atoms with Gasteiger partial charge in [0.15, 0.2) is 0 Å². The van der Waals surface area contributed by atoms with Crippen molar-refractivity contribution >= 4 is 43.7 Å². The highest BCUT2D eigenvalue weighted by atomic mass is 35.5. The molecule has 0 fully saturated rings. The maximum atomic E-state index is 13.3. The molecule has 0 aliphatic carbocycles. The second-order valence-electron chi connectivity index (χ2n) is 5.96. The Morgan fingerprint density at radius 2 is 1.48 bits per heavy atom. The van der Waals surface area contributed by atoms with Crippen molar-refractivity contribution in [2.24, 2.45) is 0 Å². The zero-order chi connectivity index (χ0) is 18.9. The summed E-state index contributed by atoms with van der Waals surface area (Å²) in [6.07, 6.45) is 1.40. The number of nitrogens with zero attached hydrogens (tertiary/aromatic N) is 1. The number of anilines is 2. The molecule has 0 unspecified atom stereocenters. The standard InChI is InChI=1S/C21H15ClN2O2S/c22-15-10-12-17(13-11-15)27(25,26)20-14-23-19-9-5-4-8-18(19)21(20)24-16-6-2-1-3-7-16/h1-14H,(H,23,24). The van der Waals surface area contributed by atoms with Crippen molar-refractivity contribution in [1.82, 2.24) is 4.98 Å². The molecular formula is C21H15ClN2O2S. The van der Waals surface area contributed by atoms with Crippen LogP contribution in [0, 0.1) is 0 Å². The molecule has 0 bridgehead atoms. The molecule has 0 atom stereocenters. The molecular weight excluding hydrogens is 380 g/mol. The Hall–Kier alpha value is -2.89. The van der Waals surface area contributed by atoms with E-state index >= 15 is 0 Å². The fourth-order valence-corrected chi connectivity index (χ4v) is 4.36. The highest BCUT2D eigenvalue weighted by molar-refractivity contribution is 7.91. The zero-order valence-corrected chi connectivity index (χ0v) is 15.7. The van der Waals surface area contributed by atoms with Gasteiger partial charge in [0.05, 0.1) is 16.1 Å². The molecule has 4 nitrogen and oxygen atoms in total. The van der Waals surface area contributed by atoms with Crippen LogP contribution in [0.2, 0.25) is 5.02 Å². The zero-order valence-electron chi connectivity index (χ0n) is 14.1. The number of aromatic nitrogens is 1. The first-order valence-corrected chi connectivity index (χ1v) is 10.1. The Balaban J connectivity index is 1.94. The minimum atomic E-state index is -3.78. The second kappa shape index (κ2) is 7.02. The lowest BCUT2D eigenvalue weighted by Crippen LogP contribution is -2.07. The van der Waals surface area contributed by atoms with E-state index in [9.17, 15) is 8.42 Å². The number of nitrogens with one attached hydrogen (secondary N) is 1. The SMILES string of the molecule is O=S(=O)(c1ccc(Cl)cc1)c1cnc2ccccc2c1Nc1ccccc1. The van der Waals surface area contributed by atoms with Gasteiger partial charge in [0.25, 0.3) is 0 Å². The summed E-state index contributed by atoms with van der Waals surface area (Å²) in [5.41, 5.74) is 2.01. The van der Waals surface area contributed by atoms with Crippen molar-refractivity contribution in [3.63, 3.8) is 0 Å². The van der Waals surface area contributed by atoms with Crippen LogP contribution in [-0.2, 0) is 9.84 Å². The summed E-state index contributed by atoms with van der Waals surface area (Å²) >= 11 is 5.90. The molecule has 0 saturated carbocycles. The quantitative estimate of drug-likeness (QED) is 0.499. The number of para-hydroxylation sites is 2. The molecule has 3 aromatic carbocycles. The third kappa shape index (κ3) is 3.39. The highest BCUT2D eigenvalue weighted by Crippen LogP contribution is 2.35. The van der Waals surface area contributed by atoms with Gasteiger partial charge >= 0.3 is 0 Å².